The highest BCUT2D eigenvalue weighted by Gasteiger charge is 2.48. The van der Waals surface area contributed by atoms with Crippen LogP contribution in [0.25, 0.3) is 10.9 Å². The summed E-state index contributed by atoms with van der Waals surface area (Å²) < 4.78 is 19.4. The first kappa shape index (κ1) is 17.2. The zero-order valence-corrected chi connectivity index (χ0v) is 13.0. The highest BCUT2D eigenvalue weighted by molar-refractivity contribution is 6.53. The van der Waals surface area contributed by atoms with Gasteiger partial charge in [-0.25, -0.2) is 4.39 Å². The lowest BCUT2D eigenvalue weighted by atomic mass is 9.69. The molecule has 9 heteroatoms. The van der Waals surface area contributed by atoms with Crippen molar-refractivity contribution in [3.05, 3.63) is 59.5 Å². The van der Waals surface area contributed by atoms with E-state index in [1.165, 1.54) is 6.08 Å². The molecular weight excluding hydrogens is 328 g/mol. The monoisotopic (exact) mass is 343 g/mol. The summed E-state index contributed by atoms with van der Waals surface area (Å²) in [5, 5.41) is 25.8. The molecule has 128 valence electrons. The number of fused-ring (bicyclic) bond motifs is 2. The molecule has 1 aromatic heterocycles. The Hall–Kier alpha value is -2.62. The fraction of sp³-hybridized carbons (Fsp3) is 0.188. The van der Waals surface area contributed by atoms with Crippen molar-refractivity contribution in [3.8, 4) is 0 Å². The van der Waals surface area contributed by atoms with Gasteiger partial charge in [0.05, 0.1) is 23.9 Å². The molecule has 2 heterocycles. The topological polar surface area (TPSA) is 119 Å². The van der Waals surface area contributed by atoms with E-state index in [9.17, 15) is 9.41 Å². The molecule has 25 heavy (non-hydrogen) atoms. The van der Waals surface area contributed by atoms with Gasteiger partial charge in [0.25, 0.3) is 6.47 Å². The molecule has 1 fully saturated rings. The summed E-state index contributed by atoms with van der Waals surface area (Å²) in [5.74, 6) is -0.828. The first-order chi connectivity index (χ1) is 12.1. The average Bonchev–Trinajstić information content (AvgIpc) is 2.96. The number of nitrogens with zero attached hydrogens (tertiary/aromatic N) is 2. The molecule has 0 amide bonds. The van der Waals surface area contributed by atoms with Crippen LogP contribution in [0.4, 0.5) is 4.39 Å². The molecule has 0 bridgehead atoms. The Morgan fingerprint density at radius 1 is 1.32 bits per heavy atom. The standard InChI is InChI=1S/C15H13BFN3O2.CH2O2/c17-11-4-3-10-13(14(11)18)15(22-16(10)21)9-2-1-8-5-6-19-20-12(8)7-9;2-1-3/h1-7,13-15,21H,18H2;1H,(H,2,3). The van der Waals surface area contributed by atoms with Crippen LogP contribution in [-0.2, 0) is 9.45 Å². The highest BCUT2D eigenvalue weighted by Crippen LogP contribution is 2.44. The van der Waals surface area contributed by atoms with Crippen LogP contribution >= 0.6 is 0 Å². The van der Waals surface area contributed by atoms with Gasteiger partial charge in [-0.3, -0.25) is 4.79 Å². The normalized spacial score (nSPS) is 24.8. The maximum absolute atomic E-state index is 13.8. The van der Waals surface area contributed by atoms with Gasteiger partial charge < -0.3 is 20.5 Å². The van der Waals surface area contributed by atoms with E-state index in [0.29, 0.717) is 5.47 Å². The molecule has 0 radical (unpaired) electrons. The second kappa shape index (κ2) is 7.10. The maximum atomic E-state index is 13.8. The van der Waals surface area contributed by atoms with E-state index in [1.807, 2.05) is 24.3 Å². The summed E-state index contributed by atoms with van der Waals surface area (Å²) in [7, 11) is -1.07. The van der Waals surface area contributed by atoms with Crippen LogP contribution in [0.1, 0.15) is 11.7 Å². The fourth-order valence-electron chi connectivity index (χ4n) is 3.15. The van der Waals surface area contributed by atoms with Gasteiger partial charge in [-0.05, 0) is 29.2 Å². The van der Waals surface area contributed by atoms with Crippen molar-refractivity contribution in [2.24, 2.45) is 11.7 Å². The lowest BCUT2D eigenvalue weighted by Gasteiger charge is -2.27. The van der Waals surface area contributed by atoms with Crippen LogP contribution in [0.2, 0.25) is 0 Å². The minimum Gasteiger partial charge on any atom is -0.483 e. The minimum atomic E-state index is -1.07. The van der Waals surface area contributed by atoms with Crippen LogP contribution in [0.5, 0.6) is 0 Å². The first-order valence-corrected chi connectivity index (χ1v) is 7.52. The van der Waals surface area contributed by atoms with Crippen molar-refractivity contribution >= 4 is 24.5 Å². The van der Waals surface area contributed by atoms with Crippen molar-refractivity contribution < 1.29 is 24.0 Å². The Balaban J connectivity index is 0.000000569. The number of hydrogen-bond acceptors (Lipinski definition) is 6. The summed E-state index contributed by atoms with van der Waals surface area (Å²) in [6.45, 7) is -0.250. The molecular formula is C16H15BFN3O4. The summed E-state index contributed by atoms with van der Waals surface area (Å²) >= 11 is 0. The Morgan fingerprint density at radius 3 is 2.84 bits per heavy atom. The lowest BCUT2D eigenvalue weighted by molar-refractivity contribution is -0.122. The lowest BCUT2D eigenvalue weighted by Crippen LogP contribution is -2.35. The quantitative estimate of drug-likeness (QED) is 0.525. The first-order valence-electron chi connectivity index (χ1n) is 7.52. The molecule has 4 rings (SSSR count). The number of nitrogens with two attached hydrogens (primary N) is 1. The molecule has 3 unspecified atom stereocenters. The van der Waals surface area contributed by atoms with Gasteiger partial charge in [0, 0.05) is 11.3 Å². The van der Waals surface area contributed by atoms with Gasteiger partial charge >= 0.3 is 7.12 Å². The summed E-state index contributed by atoms with van der Waals surface area (Å²) in [4.78, 5) is 8.36. The SMILES string of the molecule is NC1C(F)=CC=C2B(O)OC(c3ccc4ccnnc4c3)C21.O=CO. The molecule has 1 aromatic carbocycles. The molecule has 0 spiro atoms. The van der Waals surface area contributed by atoms with Crippen molar-refractivity contribution in [1.82, 2.24) is 10.2 Å². The predicted molar refractivity (Wildman–Crippen MR) is 88.8 cm³/mol. The van der Waals surface area contributed by atoms with E-state index in [-0.39, 0.29) is 6.47 Å². The highest BCUT2D eigenvalue weighted by atomic mass is 19.1. The third kappa shape index (κ3) is 3.17. The number of allylic oxidation sites excluding steroid dienone is 2. The zero-order valence-electron chi connectivity index (χ0n) is 13.0. The van der Waals surface area contributed by atoms with Crippen molar-refractivity contribution in [3.63, 3.8) is 0 Å². The molecule has 1 aliphatic carbocycles. The maximum Gasteiger partial charge on any atom is 0.487 e. The second-order valence-corrected chi connectivity index (χ2v) is 5.63. The van der Waals surface area contributed by atoms with Crippen LogP contribution in [0.15, 0.2) is 53.9 Å². The molecule has 1 saturated heterocycles. The summed E-state index contributed by atoms with van der Waals surface area (Å²) in [5.41, 5.74) is 8.09. The largest absolute Gasteiger partial charge is 0.487 e. The van der Waals surface area contributed by atoms with Crippen LogP contribution in [0, 0.1) is 5.92 Å². The van der Waals surface area contributed by atoms with E-state index >= 15 is 0 Å². The van der Waals surface area contributed by atoms with Crippen LogP contribution < -0.4 is 5.73 Å². The smallest absolute Gasteiger partial charge is 0.483 e. The van der Waals surface area contributed by atoms with Crippen molar-refractivity contribution in [1.29, 1.82) is 0 Å². The molecule has 7 nitrogen and oxygen atoms in total. The Kier molecular flexibility index (Phi) is 4.89. The number of benzene rings is 1. The van der Waals surface area contributed by atoms with Gasteiger partial charge in [-0.1, -0.05) is 18.2 Å². The number of carboxylic acid groups (broad SMARTS) is 1. The van der Waals surface area contributed by atoms with Gasteiger partial charge in [0.1, 0.15) is 5.83 Å². The van der Waals surface area contributed by atoms with Crippen molar-refractivity contribution in [2.75, 3.05) is 0 Å². The Morgan fingerprint density at radius 2 is 2.08 bits per heavy atom. The van der Waals surface area contributed by atoms with E-state index in [1.54, 1.807) is 12.3 Å². The molecule has 3 atom stereocenters. The number of aromatic nitrogens is 2. The van der Waals surface area contributed by atoms with Crippen LogP contribution in [0.3, 0.4) is 0 Å². The van der Waals surface area contributed by atoms with Gasteiger partial charge in [-0.15, -0.1) is 0 Å². The van der Waals surface area contributed by atoms with Crippen LogP contribution in [-0.4, -0.2) is 40.0 Å². The third-order valence-electron chi connectivity index (χ3n) is 4.28. The van der Waals surface area contributed by atoms with E-state index in [4.69, 9.17) is 20.3 Å². The van der Waals surface area contributed by atoms with Gasteiger partial charge in [0.15, 0.2) is 0 Å². The predicted octanol–water partition coefficient (Wildman–Crippen LogP) is 1.16. The third-order valence-corrected chi connectivity index (χ3v) is 4.28. The Bertz CT molecular complexity index is 860. The summed E-state index contributed by atoms with van der Waals surface area (Å²) in [6, 6.07) is 6.66. The van der Waals surface area contributed by atoms with Crippen molar-refractivity contribution in [2.45, 2.75) is 12.1 Å². The molecule has 2 aromatic rings. The van der Waals surface area contributed by atoms with E-state index in [2.05, 4.69) is 10.2 Å². The molecule has 2 aliphatic rings. The molecule has 1 aliphatic heterocycles. The number of hydrogen-bond donors (Lipinski definition) is 3. The minimum absolute atomic E-state index is 0.250. The van der Waals surface area contributed by atoms with E-state index < -0.39 is 31.0 Å². The molecule has 4 N–H and O–H groups in total. The zero-order chi connectivity index (χ0) is 18.0. The van der Waals surface area contributed by atoms with Gasteiger partial charge in [0.2, 0.25) is 0 Å². The fourth-order valence-corrected chi connectivity index (χ4v) is 3.15. The molecule has 0 saturated carbocycles. The number of rotatable bonds is 1. The number of carbonyl (C=O) groups is 1. The average molecular weight is 343 g/mol. The van der Waals surface area contributed by atoms with E-state index in [0.717, 1.165) is 16.5 Å². The second-order valence-electron chi connectivity index (χ2n) is 5.63. The Labute approximate surface area is 142 Å². The number of halogens is 1. The summed E-state index contributed by atoms with van der Waals surface area (Å²) in [6.07, 6.45) is 3.95. The van der Waals surface area contributed by atoms with Gasteiger partial charge in [-0.2, -0.15) is 10.2 Å².